The maximum Gasteiger partial charge on any atom is 0.328 e. The molecule has 1 heterocycles. The van der Waals surface area contributed by atoms with Crippen LogP contribution < -0.4 is 22.5 Å². The van der Waals surface area contributed by atoms with Gasteiger partial charge < -0.3 is 32.2 Å². The van der Waals surface area contributed by atoms with Crippen LogP contribution in [0.5, 0.6) is 0 Å². The molecule has 0 aliphatic carbocycles. The third-order valence-corrected chi connectivity index (χ3v) is 4.48. The highest BCUT2D eigenvalue weighted by atomic mass is 16.5. The van der Waals surface area contributed by atoms with Gasteiger partial charge in [-0.25, -0.2) is 9.78 Å². The molecule has 1 aromatic carbocycles. The molecule has 2 aromatic rings. The standard InChI is InChI=1S/C20H29N7O3/c1-12-5-7-13(8-6-12)17-25-11-14(26-17)10-15(21)18(28)27-16(19(29)30-2)4-3-9-24-20(22)23/h5-8,11,15-16H,3-4,9-10,21H2,1-2H3,(H,25,26)(H,27,28)(H4,22,23,24)/t15-,16-/m0/s1. The molecule has 8 N–H and O–H groups in total. The predicted octanol–water partition coefficient (Wildman–Crippen LogP) is -0.0337. The van der Waals surface area contributed by atoms with Crippen LogP contribution in [0.15, 0.2) is 35.5 Å². The zero-order valence-electron chi connectivity index (χ0n) is 17.2. The van der Waals surface area contributed by atoms with Gasteiger partial charge in [-0.1, -0.05) is 29.8 Å². The van der Waals surface area contributed by atoms with Gasteiger partial charge in [0.05, 0.1) is 13.2 Å². The Morgan fingerprint density at radius 2 is 1.97 bits per heavy atom. The van der Waals surface area contributed by atoms with Crippen molar-refractivity contribution in [1.82, 2.24) is 15.3 Å². The van der Waals surface area contributed by atoms with Crippen molar-refractivity contribution in [3.63, 3.8) is 0 Å². The average Bonchev–Trinajstić information content (AvgIpc) is 3.18. The SMILES string of the molecule is COC(=O)[C@H](CCCN=C(N)N)NC(=O)[C@@H](N)Cc1cnc(-c2ccc(C)cc2)[nH]1. The summed E-state index contributed by atoms with van der Waals surface area (Å²) in [4.78, 5) is 35.8. The van der Waals surface area contributed by atoms with Crippen LogP contribution in [-0.2, 0) is 20.7 Å². The number of amides is 1. The van der Waals surface area contributed by atoms with Gasteiger partial charge in [0.15, 0.2) is 5.96 Å². The van der Waals surface area contributed by atoms with E-state index in [1.54, 1.807) is 6.20 Å². The minimum Gasteiger partial charge on any atom is -0.467 e. The largest absolute Gasteiger partial charge is 0.467 e. The summed E-state index contributed by atoms with van der Waals surface area (Å²) in [6.07, 6.45) is 2.71. The lowest BCUT2D eigenvalue weighted by Gasteiger charge is -2.18. The van der Waals surface area contributed by atoms with Crippen LogP contribution in [-0.4, -0.2) is 53.5 Å². The number of hydrogen-bond acceptors (Lipinski definition) is 6. The van der Waals surface area contributed by atoms with E-state index in [4.69, 9.17) is 21.9 Å². The van der Waals surface area contributed by atoms with Crippen molar-refractivity contribution in [2.45, 2.75) is 38.3 Å². The number of aliphatic imine (C=N–C) groups is 1. The number of benzene rings is 1. The lowest BCUT2D eigenvalue weighted by atomic mass is 10.1. The van der Waals surface area contributed by atoms with E-state index in [1.165, 1.54) is 7.11 Å². The number of hydrogen-bond donors (Lipinski definition) is 5. The van der Waals surface area contributed by atoms with Gasteiger partial charge in [-0.2, -0.15) is 0 Å². The first-order chi connectivity index (χ1) is 14.3. The number of nitrogens with one attached hydrogen (secondary N) is 2. The van der Waals surface area contributed by atoms with Crippen molar-refractivity contribution in [3.8, 4) is 11.4 Å². The summed E-state index contributed by atoms with van der Waals surface area (Å²) in [6.45, 7) is 2.35. The van der Waals surface area contributed by atoms with Gasteiger partial charge in [0.25, 0.3) is 0 Å². The van der Waals surface area contributed by atoms with Crippen molar-refractivity contribution in [3.05, 3.63) is 41.7 Å². The summed E-state index contributed by atoms with van der Waals surface area (Å²) in [6, 6.07) is 6.24. The van der Waals surface area contributed by atoms with Crippen LogP contribution in [0.25, 0.3) is 11.4 Å². The number of rotatable bonds is 10. The number of imidazole rings is 1. The first kappa shape index (κ1) is 22.9. The quantitative estimate of drug-likeness (QED) is 0.157. The Kier molecular flexibility index (Phi) is 8.36. The number of carbonyl (C=O) groups excluding carboxylic acids is 2. The number of carbonyl (C=O) groups is 2. The number of methoxy groups -OCH3 is 1. The van der Waals surface area contributed by atoms with Gasteiger partial charge in [0.1, 0.15) is 11.9 Å². The van der Waals surface area contributed by atoms with Gasteiger partial charge >= 0.3 is 5.97 Å². The Bertz CT molecular complexity index is 873. The number of aryl methyl sites for hydroxylation is 1. The minimum atomic E-state index is -0.860. The van der Waals surface area contributed by atoms with Crippen molar-refractivity contribution >= 4 is 17.8 Å². The van der Waals surface area contributed by atoms with E-state index in [2.05, 4.69) is 20.3 Å². The molecule has 10 heteroatoms. The zero-order valence-corrected chi connectivity index (χ0v) is 17.2. The monoisotopic (exact) mass is 415 g/mol. The van der Waals surface area contributed by atoms with E-state index in [0.717, 1.165) is 16.8 Å². The Balaban J connectivity index is 1.94. The van der Waals surface area contributed by atoms with E-state index in [1.807, 2.05) is 31.2 Å². The fraction of sp³-hybridized carbons (Fsp3) is 0.400. The molecule has 0 radical (unpaired) electrons. The van der Waals surface area contributed by atoms with Gasteiger partial charge in [-0.05, 0) is 19.8 Å². The first-order valence-corrected chi connectivity index (χ1v) is 9.60. The molecule has 1 amide bonds. The third kappa shape index (κ3) is 6.89. The van der Waals surface area contributed by atoms with E-state index in [9.17, 15) is 9.59 Å². The predicted molar refractivity (Wildman–Crippen MR) is 114 cm³/mol. The number of H-pyrrole nitrogens is 1. The topological polar surface area (TPSA) is 174 Å². The summed E-state index contributed by atoms with van der Waals surface area (Å²) < 4.78 is 4.75. The third-order valence-electron chi connectivity index (χ3n) is 4.48. The van der Waals surface area contributed by atoms with Gasteiger partial charge in [-0.15, -0.1) is 0 Å². The summed E-state index contributed by atoms with van der Waals surface area (Å²) in [5, 5.41) is 2.64. The number of nitrogens with zero attached hydrogens (tertiary/aromatic N) is 2. The van der Waals surface area contributed by atoms with Gasteiger partial charge in [0, 0.05) is 30.4 Å². The van der Waals surface area contributed by atoms with E-state index >= 15 is 0 Å². The molecule has 0 spiro atoms. The molecule has 30 heavy (non-hydrogen) atoms. The van der Waals surface area contributed by atoms with Crippen LogP contribution in [0.1, 0.15) is 24.1 Å². The van der Waals surface area contributed by atoms with Crippen molar-refractivity contribution < 1.29 is 14.3 Å². The molecule has 0 aliphatic heterocycles. The second-order valence-electron chi connectivity index (χ2n) is 6.97. The Morgan fingerprint density at radius 1 is 1.27 bits per heavy atom. The average molecular weight is 415 g/mol. The molecule has 10 nitrogen and oxygen atoms in total. The van der Waals surface area contributed by atoms with Crippen LogP contribution >= 0.6 is 0 Å². The molecule has 2 atom stereocenters. The van der Waals surface area contributed by atoms with Gasteiger partial charge in [-0.3, -0.25) is 9.79 Å². The van der Waals surface area contributed by atoms with Crippen LogP contribution in [0.3, 0.4) is 0 Å². The maximum atomic E-state index is 12.5. The summed E-state index contributed by atoms with van der Waals surface area (Å²) in [7, 11) is 1.26. The Morgan fingerprint density at radius 3 is 2.60 bits per heavy atom. The summed E-state index contributed by atoms with van der Waals surface area (Å²) in [5.41, 5.74) is 19.4. The van der Waals surface area contributed by atoms with E-state index < -0.39 is 24.0 Å². The summed E-state index contributed by atoms with van der Waals surface area (Å²) in [5.74, 6) is -0.341. The highest BCUT2D eigenvalue weighted by Gasteiger charge is 2.24. The van der Waals surface area contributed by atoms with E-state index in [0.29, 0.717) is 25.2 Å². The fourth-order valence-electron chi connectivity index (χ4n) is 2.82. The Hall–Kier alpha value is -3.40. The molecular weight excluding hydrogens is 386 g/mol. The van der Waals surface area contributed by atoms with Crippen LogP contribution in [0.2, 0.25) is 0 Å². The number of ether oxygens (including phenoxy) is 1. The number of guanidine groups is 1. The summed E-state index contributed by atoms with van der Waals surface area (Å²) >= 11 is 0. The van der Waals surface area contributed by atoms with Gasteiger partial charge in [0.2, 0.25) is 5.91 Å². The molecule has 0 unspecified atom stereocenters. The molecule has 0 fully saturated rings. The molecule has 0 saturated carbocycles. The smallest absolute Gasteiger partial charge is 0.328 e. The molecule has 162 valence electrons. The van der Waals surface area contributed by atoms with Crippen molar-refractivity contribution in [1.29, 1.82) is 0 Å². The number of esters is 1. The van der Waals surface area contributed by atoms with Crippen molar-refractivity contribution in [2.24, 2.45) is 22.2 Å². The van der Waals surface area contributed by atoms with E-state index in [-0.39, 0.29) is 12.4 Å². The highest BCUT2D eigenvalue weighted by molar-refractivity contribution is 5.87. The Labute approximate surface area is 175 Å². The molecule has 2 rings (SSSR count). The van der Waals surface area contributed by atoms with Crippen LogP contribution in [0.4, 0.5) is 0 Å². The number of aromatic amines is 1. The fourth-order valence-corrected chi connectivity index (χ4v) is 2.82. The molecule has 0 saturated heterocycles. The zero-order chi connectivity index (χ0) is 22.1. The second kappa shape index (κ2) is 11.0. The maximum absolute atomic E-state index is 12.5. The molecule has 0 aliphatic rings. The first-order valence-electron chi connectivity index (χ1n) is 9.60. The molecule has 0 bridgehead atoms. The number of nitrogens with two attached hydrogens (primary N) is 3. The highest BCUT2D eigenvalue weighted by Crippen LogP contribution is 2.16. The molecule has 1 aromatic heterocycles. The lowest BCUT2D eigenvalue weighted by molar-refractivity contribution is -0.145. The molecular formula is C20H29N7O3. The minimum absolute atomic E-state index is 0.0276. The second-order valence-corrected chi connectivity index (χ2v) is 6.97. The van der Waals surface area contributed by atoms with Crippen LogP contribution in [0, 0.1) is 6.92 Å². The normalized spacial score (nSPS) is 12.6. The van der Waals surface area contributed by atoms with Crippen molar-refractivity contribution in [2.75, 3.05) is 13.7 Å². The lowest BCUT2D eigenvalue weighted by Crippen LogP contribution is -2.49. The number of aromatic nitrogens is 2.